The molecule has 0 fully saturated rings. The van der Waals surface area contributed by atoms with Crippen molar-refractivity contribution >= 4 is 23.3 Å². The van der Waals surface area contributed by atoms with Crippen molar-refractivity contribution in [1.29, 1.82) is 0 Å². The molecular formula is C15H13ClFNO3. The third-order valence-electron chi connectivity index (χ3n) is 2.83. The number of rotatable bonds is 3. The number of halogens is 2. The van der Waals surface area contributed by atoms with Gasteiger partial charge in [-0.2, -0.15) is 0 Å². The first-order chi connectivity index (χ1) is 9.92. The second-order valence-electron chi connectivity index (χ2n) is 4.38. The fourth-order valence-corrected chi connectivity index (χ4v) is 2.00. The Kier molecular flexibility index (Phi) is 4.33. The number of hydrogen-bond donors (Lipinski definition) is 1. The van der Waals surface area contributed by atoms with E-state index < -0.39 is 11.8 Å². The summed E-state index contributed by atoms with van der Waals surface area (Å²) in [4.78, 5) is 11.8. The SMILES string of the molecule is COC(=O)c1cc(N)cc(Cl)c1Oc1ccc(C)c(F)c1. The van der Waals surface area contributed by atoms with Gasteiger partial charge in [-0.25, -0.2) is 9.18 Å². The maximum atomic E-state index is 13.5. The zero-order chi connectivity index (χ0) is 15.6. The topological polar surface area (TPSA) is 61.5 Å². The molecule has 0 heterocycles. The van der Waals surface area contributed by atoms with E-state index in [1.54, 1.807) is 19.1 Å². The summed E-state index contributed by atoms with van der Waals surface area (Å²) >= 11 is 6.05. The molecule has 0 spiro atoms. The monoisotopic (exact) mass is 309 g/mol. The van der Waals surface area contributed by atoms with Crippen molar-refractivity contribution in [1.82, 2.24) is 0 Å². The van der Waals surface area contributed by atoms with Crippen LogP contribution in [0.2, 0.25) is 5.02 Å². The van der Waals surface area contributed by atoms with Crippen LogP contribution in [0.25, 0.3) is 0 Å². The number of aryl methyl sites for hydroxylation is 1. The third-order valence-corrected chi connectivity index (χ3v) is 3.12. The highest BCUT2D eigenvalue weighted by atomic mass is 35.5. The minimum atomic E-state index is -0.646. The highest BCUT2D eigenvalue weighted by molar-refractivity contribution is 6.33. The summed E-state index contributed by atoms with van der Waals surface area (Å²) in [6.07, 6.45) is 0. The first-order valence-corrected chi connectivity index (χ1v) is 6.41. The zero-order valence-electron chi connectivity index (χ0n) is 11.4. The number of ether oxygens (including phenoxy) is 2. The molecule has 0 atom stereocenters. The molecule has 0 radical (unpaired) electrons. The second-order valence-corrected chi connectivity index (χ2v) is 4.79. The van der Waals surface area contributed by atoms with Crippen LogP contribution in [0, 0.1) is 12.7 Å². The Hall–Kier alpha value is -2.27. The number of carbonyl (C=O) groups is 1. The fourth-order valence-electron chi connectivity index (χ4n) is 1.73. The molecule has 110 valence electrons. The molecule has 0 bridgehead atoms. The molecule has 21 heavy (non-hydrogen) atoms. The van der Waals surface area contributed by atoms with Crippen LogP contribution in [-0.2, 0) is 4.74 Å². The molecule has 0 aliphatic carbocycles. The Balaban J connectivity index is 2.47. The van der Waals surface area contributed by atoms with Crippen molar-refractivity contribution in [3.8, 4) is 11.5 Å². The van der Waals surface area contributed by atoms with Gasteiger partial charge in [0.2, 0.25) is 0 Å². The average Bonchev–Trinajstić information content (AvgIpc) is 2.44. The zero-order valence-corrected chi connectivity index (χ0v) is 12.2. The van der Waals surface area contributed by atoms with E-state index in [2.05, 4.69) is 4.74 Å². The van der Waals surface area contributed by atoms with E-state index in [0.29, 0.717) is 11.3 Å². The molecule has 2 aromatic rings. The van der Waals surface area contributed by atoms with Gasteiger partial charge in [-0.1, -0.05) is 17.7 Å². The number of nitrogens with two attached hydrogens (primary N) is 1. The summed E-state index contributed by atoms with van der Waals surface area (Å²) in [5.74, 6) is -0.777. The smallest absolute Gasteiger partial charge is 0.341 e. The van der Waals surface area contributed by atoms with Crippen molar-refractivity contribution in [2.24, 2.45) is 0 Å². The number of benzene rings is 2. The molecule has 0 aliphatic rings. The lowest BCUT2D eigenvalue weighted by Gasteiger charge is -2.13. The van der Waals surface area contributed by atoms with E-state index in [9.17, 15) is 9.18 Å². The van der Waals surface area contributed by atoms with Crippen molar-refractivity contribution in [2.45, 2.75) is 6.92 Å². The summed E-state index contributed by atoms with van der Waals surface area (Å²) in [6.45, 7) is 1.63. The van der Waals surface area contributed by atoms with E-state index in [1.165, 1.54) is 25.3 Å². The van der Waals surface area contributed by atoms with Gasteiger partial charge in [0.1, 0.15) is 17.1 Å². The lowest BCUT2D eigenvalue weighted by Crippen LogP contribution is -2.05. The Morgan fingerprint density at radius 2 is 2.00 bits per heavy atom. The standard InChI is InChI=1S/C15H13ClFNO3/c1-8-3-4-10(7-13(8)17)21-14-11(15(19)20-2)5-9(18)6-12(14)16/h3-7H,18H2,1-2H3. The maximum absolute atomic E-state index is 13.5. The van der Waals surface area contributed by atoms with Crippen LogP contribution < -0.4 is 10.5 Å². The summed E-state index contributed by atoms with van der Waals surface area (Å²) in [5, 5.41) is 0.136. The van der Waals surface area contributed by atoms with Crippen molar-refractivity contribution in [3.63, 3.8) is 0 Å². The van der Waals surface area contributed by atoms with Crippen molar-refractivity contribution in [3.05, 3.63) is 52.3 Å². The van der Waals surface area contributed by atoms with Gasteiger partial charge in [-0.05, 0) is 30.7 Å². The van der Waals surface area contributed by atoms with E-state index in [0.717, 1.165) is 0 Å². The number of nitrogen functional groups attached to an aromatic ring is 1. The van der Waals surface area contributed by atoms with E-state index in [4.69, 9.17) is 22.1 Å². The van der Waals surface area contributed by atoms with Crippen LogP contribution in [0.4, 0.5) is 10.1 Å². The largest absolute Gasteiger partial charge is 0.465 e. The van der Waals surface area contributed by atoms with Crippen LogP contribution in [0.3, 0.4) is 0 Å². The van der Waals surface area contributed by atoms with Gasteiger partial charge in [0.25, 0.3) is 0 Å². The summed E-state index contributed by atoms with van der Waals surface area (Å²) in [6, 6.07) is 7.17. The van der Waals surface area contributed by atoms with Crippen LogP contribution in [0.1, 0.15) is 15.9 Å². The molecule has 0 amide bonds. The predicted octanol–water partition coefficient (Wildman–Crippen LogP) is 3.95. The number of methoxy groups -OCH3 is 1. The second kappa shape index (κ2) is 6.01. The van der Waals surface area contributed by atoms with Gasteiger partial charge in [0, 0.05) is 11.8 Å². The van der Waals surface area contributed by atoms with Crippen LogP contribution in [0.15, 0.2) is 30.3 Å². The van der Waals surface area contributed by atoms with Crippen molar-refractivity contribution < 1.29 is 18.7 Å². The summed E-state index contributed by atoms with van der Waals surface area (Å²) in [5.41, 5.74) is 6.50. The van der Waals surface area contributed by atoms with Crippen molar-refractivity contribution in [2.75, 3.05) is 12.8 Å². The number of carbonyl (C=O) groups excluding carboxylic acids is 1. The van der Waals surface area contributed by atoms with Gasteiger partial charge in [-0.15, -0.1) is 0 Å². The molecule has 4 nitrogen and oxygen atoms in total. The third kappa shape index (κ3) is 3.25. The van der Waals surface area contributed by atoms with E-state index in [1.807, 2.05) is 0 Å². The lowest BCUT2D eigenvalue weighted by atomic mass is 10.1. The molecule has 0 saturated carbocycles. The normalized spacial score (nSPS) is 10.3. The Labute approximate surface area is 126 Å². The molecule has 0 aromatic heterocycles. The van der Waals surface area contributed by atoms with Gasteiger partial charge in [0.15, 0.2) is 5.75 Å². The Morgan fingerprint density at radius 1 is 1.29 bits per heavy atom. The van der Waals surface area contributed by atoms with Gasteiger partial charge in [-0.3, -0.25) is 0 Å². The van der Waals surface area contributed by atoms with Gasteiger partial charge in [0.05, 0.1) is 12.1 Å². The molecule has 2 aromatic carbocycles. The molecule has 0 unspecified atom stereocenters. The Bertz CT molecular complexity index is 704. The maximum Gasteiger partial charge on any atom is 0.341 e. The summed E-state index contributed by atoms with van der Waals surface area (Å²) < 4.78 is 23.7. The average molecular weight is 310 g/mol. The molecule has 2 rings (SSSR count). The van der Waals surface area contributed by atoms with E-state index >= 15 is 0 Å². The van der Waals surface area contributed by atoms with Crippen LogP contribution in [-0.4, -0.2) is 13.1 Å². The Morgan fingerprint density at radius 3 is 2.62 bits per heavy atom. The highest BCUT2D eigenvalue weighted by Crippen LogP contribution is 2.35. The predicted molar refractivity (Wildman–Crippen MR) is 78.4 cm³/mol. The van der Waals surface area contributed by atoms with E-state index in [-0.39, 0.29) is 22.1 Å². The number of hydrogen-bond acceptors (Lipinski definition) is 4. The van der Waals surface area contributed by atoms with Crippen LogP contribution >= 0.6 is 11.6 Å². The van der Waals surface area contributed by atoms with Gasteiger partial charge >= 0.3 is 5.97 Å². The molecular weight excluding hydrogens is 297 g/mol. The minimum absolute atomic E-state index is 0.0703. The summed E-state index contributed by atoms with van der Waals surface area (Å²) in [7, 11) is 1.23. The van der Waals surface area contributed by atoms with Crippen LogP contribution in [0.5, 0.6) is 11.5 Å². The number of anilines is 1. The quantitative estimate of drug-likeness (QED) is 0.689. The molecule has 6 heteroatoms. The minimum Gasteiger partial charge on any atom is -0.465 e. The molecule has 0 saturated heterocycles. The lowest BCUT2D eigenvalue weighted by molar-refractivity contribution is 0.0598. The highest BCUT2D eigenvalue weighted by Gasteiger charge is 2.18. The first-order valence-electron chi connectivity index (χ1n) is 6.03. The molecule has 2 N–H and O–H groups in total. The van der Waals surface area contributed by atoms with Gasteiger partial charge < -0.3 is 15.2 Å². The molecule has 0 aliphatic heterocycles. The first kappa shape index (κ1) is 15.1. The number of esters is 1. The fraction of sp³-hybridized carbons (Fsp3) is 0.133.